The molecular formula is C17H20N2O. The van der Waals surface area contributed by atoms with E-state index in [-0.39, 0.29) is 5.91 Å². The van der Waals surface area contributed by atoms with Gasteiger partial charge >= 0.3 is 0 Å². The van der Waals surface area contributed by atoms with Crippen LogP contribution in [0.4, 0.5) is 11.4 Å². The number of benzene rings is 2. The maximum Gasteiger partial charge on any atom is 0.255 e. The number of hydrogen-bond donors (Lipinski definition) is 2. The quantitative estimate of drug-likeness (QED) is 0.880. The molecule has 2 aromatic carbocycles. The Balaban J connectivity index is 2.15. The number of hydrogen-bond acceptors (Lipinski definition) is 2. The molecule has 0 saturated heterocycles. The average Bonchev–Trinajstić information content (AvgIpc) is 2.41. The van der Waals surface area contributed by atoms with Crippen LogP contribution in [0.15, 0.2) is 42.5 Å². The maximum atomic E-state index is 12.2. The molecule has 3 heteroatoms. The molecule has 0 aliphatic carbocycles. The standard InChI is InChI=1S/C17H20N2O/c1-4-18-16-9-8-14(11-13(16)3)17(20)19-15-7-5-6-12(2)10-15/h5-11,18H,4H2,1-3H3,(H,19,20). The van der Waals surface area contributed by atoms with Gasteiger partial charge in [0.1, 0.15) is 0 Å². The summed E-state index contributed by atoms with van der Waals surface area (Å²) in [5, 5.41) is 6.19. The van der Waals surface area contributed by atoms with Crippen LogP contribution in [-0.4, -0.2) is 12.5 Å². The van der Waals surface area contributed by atoms with E-state index in [0.29, 0.717) is 5.56 Å². The fourth-order valence-corrected chi connectivity index (χ4v) is 2.12. The number of anilines is 2. The molecule has 1 amide bonds. The average molecular weight is 268 g/mol. The number of carbonyl (C=O) groups excluding carboxylic acids is 1. The zero-order chi connectivity index (χ0) is 14.5. The number of rotatable bonds is 4. The van der Waals surface area contributed by atoms with Crippen LogP contribution < -0.4 is 10.6 Å². The van der Waals surface area contributed by atoms with Crippen molar-refractivity contribution in [1.82, 2.24) is 0 Å². The summed E-state index contributed by atoms with van der Waals surface area (Å²) in [6.45, 7) is 6.93. The Bertz CT molecular complexity index is 620. The lowest BCUT2D eigenvalue weighted by Gasteiger charge is -2.10. The van der Waals surface area contributed by atoms with Gasteiger partial charge in [-0.05, 0) is 62.2 Å². The van der Waals surface area contributed by atoms with E-state index < -0.39 is 0 Å². The van der Waals surface area contributed by atoms with Crippen LogP contribution in [0.3, 0.4) is 0 Å². The van der Waals surface area contributed by atoms with Crippen LogP contribution in [0.25, 0.3) is 0 Å². The van der Waals surface area contributed by atoms with Crippen molar-refractivity contribution < 1.29 is 4.79 Å². The first-order valence-electron chi connectivity index (χ1n) is 6.82. The minimum atomic E-state index is -0.0817. The van der Waals surface area contributed by atoms with Gasteiger partial charge in [0, 0.05) is 23.5 Å². The van der Waals surface area contributed by atoms with E-state index >= 15 is 0 Å². The number of nitrogens with one attached hydrogen (secondary N) is 2. The molecule has 0 fully saturated rings. The van der Waals surface area contributed by atoms with Crippen LogP contribution in [0.1, 0.15) is 28.4 Å². The number of carbonyl (C=O) groups is 1. The summed E-state index contributed by atoms with van der Waals surface area (Å²) < 4.78 is 0. The highest BCUT2D eigenvalue weighted by Crippen LogP contribution is 2.18. The molecule has 0 aliphatic heterocycles. The molecular weight excluding hydrogens is 248 g/mol. The van der Waals surface area contributed by atoms with E-state index in [1.165, 1.54) is 0 Å². The van der Waals surface area contributed by atoms with Crippen LogP contribution in [0.2, 0.25) is 0 Å². The summed E-state index contributed by atoms with van der Waals surface area (Å²) in [6.07, 6.45) is 0. The normalized spacial score (nSPS) is 10.2. The minimum Gasteiger partial charge on any atom is -0.385 e. The Morgan fingerprint density at radius 3 is 2.55 bits per heavy atom. The maximum absolute atomic E-state index is 12.2. The topological polar surface area (TPSA) is 41.1 Å². The molecule has 0 aliphatic rings. The largest absolute Gasteiger partial charge is 0.385 e. The van der Waals surface area contributed by atoms with Crippen LogP contribution in [-0.2, 0) is 0 Å². The highest BCUT2D eigenvalue weighted by atomic mass is 16.1. The summed E-state index contributed by atoms with van der Waals surface area (Å²) in [6, 6.07) is 13.5. The van der Waals surface area contributed by atoms with Crippen LogP contribution in [0.5, 0.6) is 0 Å². The fraction of sp³-hybridized carbons (Fsp3) is 0.235. The number of aryl methyl sites for hydroxylation is 2. The lowest BCUT2D eigenvalue weighted by atomic mass is 10.1. The Morgan fingerprint density at radius 2 is 1.90 bits per heavy atom. The highest BCUT2D eigenvalue weighted by molar-refractivity contribution is 6.04. The second-order valence-corrected chi connectivity index (χ2v) is 4.88. The third-order valence-electron chi connectivity index (χ3n) is 3.13. The first-order chi connectivity index (χ1) is 9.60. The lowest BCUT2D eigenvalue weighted by Crippen LogP contribution is -2.12. The monoisotopic (exact) mass is 268 g/mol. The summed E-state index contributed by atoms with van der Waals surface area (Å²) in [4.78, 5) is 12.2. The first kappa shape index (κ1) is 14.1. The second kappa shape index (κ2) is 6.24. The fourth-order valence-electron chi connectivity index (χ4n) is 2.12. The third kappa shape index (κ3) is 3.38. The van der Waals surface area contributed by atoms with Crippen LogP contribution in [0, 0.1) is 13.8 Å². The van der Waals surface area contributed by atoms with E-state index in [0.717, 1.165) is 29.0 Å². The SMILES string of the molecule is CCNc1ccc(C(=O)Nc2cccc(C)c2)cc1C. The van der Waals surface area contributed by atoms with E-state index in [1.54, 1.807) is 0 Å². The summed E-state index contributed by atoms with van der Waals surface area (Å²) in [5.74, 6) is -0.0817. The van der Waals surface area contributed by atoms with Gasteiger partial charge in [0.15, 0.2) is 0 Å². The molecule has 2 aromatic rings. The van der Waals surface area contributed by atoms with Gasteiger partial charge in [-0.15, -0.1) is 0 Å². The molecule has 0 heterocycles. The summed E-state index contributed by atoms with van der Waals surface area (Å²) in [7, 11) is 0. The Hall–Kier alpha value is -2.29. The van der Waals surface area contributed by atoms with Crippen molar-refractivity contribution in [2.24, 2.45) is 0 Å². The van der Waals surface area contributed by atoms with Gasteiger partial charge in [-0.3, -0.25) is 4.79 Å². The molecule has 20 heavy (non-hydrogen) atoms. The summed E-state index contributed by atoms with van der Waals surface area (Å²) >= 11 is 0. The Labute approximate surface area is 120 Å². The van der Waals surface area contributed by atoms with Gasteiger partial charge in [0.2, 0.25) is 0 Å². The zero-order valence-electron chi connectivity index (χ0n) is 12.2. The van der Waals surface area contributed by atoms with Crippen molar-refractivity contribution in [2.75, 3.05) is 17.2 Å². The Morgan fingerprint density at radius 1 is 1.10 bits per heavy atom. The van der Waals surface area contributed by atoms with Gasteiger partial charge in [-0.1, -0.05) is 12.1 Å². The smallest absolute Gasteiger partial charge is 0.255 e. The minimum absolute atomic E-state index is 0.0817. The van der Waals surface area contributed by atoms with Gasteiger partial charge in [-0.2, -0.15) is 0 Å². The molecule has 104 valence electrons. The first-order valence-corrected chi connectivity index (χ1v) is 6.82. The molecule has 0 atom stereocenters. The van der Waals surface area contributed by atoms with Gasteiger partial charge in [-0.25, -0.2) is 0 Å². The van der Waals surface area contributed by atoms with Crippen molar-refractivity contribution in [1.29, 1.82) is 0 Å². The van der Waals surface area contributed by atoms with Crippen molar-refractivity contribution in [3.05, 3.63) is 59.2 Å². The third-order valence-corrected chi connectivity index (χ3v) is 3.13. The molecule has 0 bridgehead atoms. The van der Waals surface area contributed by atoms with E-state index in [1.807, 2.05) is 56.3 Å². The van der Waals surface area contributed by atoms with Crippen molar-refractivity contribution in [3.8, 4) is 0 Å². The van der Waals surface area contributed by atoms with Gasteiger partial charge in [0.25, 0.3) is 5.91 Å². The second-order valence-electron chi connectivity index (χ2n) is 4.88. The lowest BCUT2D eigenvalue weighted by molar-refractivity contribution is 0.102. The van der Waals surface area contributed by atoms with E-state index in [4.69, 9.17) is 0 Å². The highest BCUT2D eigenvalue weighted by Gasteiger charge is 2.08. The molecule has 2 N–H and O–H groups in total. The molecule has 3 nitrogen and oxygen atoms in total. The number of amides is 1. The predicted molar refractivity (Wildman–Crippen MR) is 84.5 cm³/mol. The summed E-state index contributed by atoms with van der Waals surface area (Å²) in [5.41, 5.74) is 4.76. The predicted octanol–water partition coefficient (Wildman–Crippen LogP) is 3.99. The zero-order valence-corrected chi connectivity index (χ0v) is 12.2. The molecule has 0 radical (unpaired) electrons. The van der Waals surface area contributed by atoms with Crippen LogP contribution >= 0.6 is 0 Å². The molecule has 0 aromatic heterocycles. The molecule has 0 spiro atoms. The molecule has 0 unspecified atom stereocenters. The van der Waals surface area contributed by atoms with E-state index in [2.05, 4.69) is 17.6 Å². The van der Waals surface area contributed by atoms with Crippen molar-refractivity contribution in [3.63, 3.8) is 0 Å². The van der Waals surface area contributed by atoms with Gasteiger partial charge in [0.05, 0.1) is 0 Å². The van der Waals surface area contributed by atoms with Gasteiger partial charge < -0.3 is 10.6 Å². The van der Waals surface area contributed by atoms with E-state index in [9.17, 15) is 4.79 Å². The van der Waals surface area contributed by atoms with Crippen molar-refractivity contribution >= 4 is 17.3 Å². The van der Waals surface area contributed by atoms with Crippen molar-refractivity contribution in [2.45, 2.75) is 20.8 Å². The molecule has 2 rings (SSSR count). The molecule has 0 saturated carbocycles. The Kier molecular flexibility index (Phi) is 4.41.